The number of fused-ring (bicyclic) bond motifs is 2. The van der Waals surface area contributed by atoms with E-state index in [0.717, 1.165) is 44.1 Å². The molecule has 4 heteroatoms. The van der Waals surface area contributed by atoms with Crippen molar-refractivity contribution in [3.8, 4) is 0 Å². The van der Waals surface area contributed by atoms with Crippen molar-refractivity contribution in [2.45, 2.75) is 26.1 Å². The molecule has 0 bridgehead atoms. The second-order valence-electron chi connectivity index (χ2n) is 5.17. The third-order valence-corrected chi connectivity index (χ3v) is 4.04. The van der Waals surface area contributed by atoms with Gasteiger partial charge in [0.05, 0.1) is 5.69 Å². The Morgan fingerprint density at radius 3 is 2.89 bits per heavy atom. The van der Waals surface area contributed by atoms with Crippen LogP contribution in [0.5, 0.6) is 0 Å². The summed E-state index contributed by atoms with van der Waals surface area (Å²) in [6, 6.07) is 8.70. The van der Waals surface area contributed by atoms with E-state index in [4.69, 9.17) is 0 Å². The number of hydrogen-bond donors (Lipinski definition) is 1. The van der Waals surface area contributed by atoms with Crippen LogP contribution in [0.25, 0.3) is 0 Å². The maximum atomic E-state index is 4.52. The van der Waals surface area contributed by atoms with Crippen LogP contribution in [0.4, 0.5) is 5.82 Å². The zero-order valence-electron chi connectivity index (χ0n) is 10.8. The Morgan fingerprint density at radius 1 is 1.05 bits per heavy atom. The Kier molecular flexibility index (Phi) is 2.48. The maximum Gasteiger partial charge on any atom is 0.137 e. The molecule has 0 amide bonds. The predicted molar refractivity (Wildman–Crippen MR) is 73.8 cm³/mol. The summed E-state index contributed by atoms with van der Waals surface area (Å²) < 4.78 is 0. The number of rotatable bonds is 1. The Morgan fingerprint density at radius 2 is 1.95 bits per heavy atom. The fourth-order valence-corrected chi connectivity index (χ4v) is 3.03. The minimum absolute atomic E-state index is 0.870. The van der Waals surface area contributed by atoms with Crippen molar-refractivity contribution < 1.29 is 0 Å². The number of benzene rings is 1. The second-order valence-corrected chi connectivity index (χ2v) is 5.17. The number of aromatic nitrogens is 2. The van der Waals surface area contributed by atoms with Gasteiger partial charge in [-0.15, -0.1) is 0 Å². The van der Waals surface area contributed by atoms with Gasteiger partial charge in [-0.2, -0.15) is 0 Å². The molecule has 4 nitrogen and oxygen atoms in total. The van der Waals surface area contributed by atoms with Gasteiger partial charge in [0.25, 0.3) is 0 Å². The first kappa shape index (κ1) is 10.9. The predicted octanol–water partition coefficient (Wildman–Crippen LogP) is 1.64. The topological polar surface area (TPSA) is 41.1 Å². The molecule has 19 heavy (non-hydrogen) atoms. The Hall–Kier alpha value is -1.94. The van der Waals surface area contributed by atoms with Gasteiger partial charge in [-0.3, -0.25) is 0 Å². The van der Waals surface area contributed by atoms with Crippen molar-refractivity contribution in [3.63, 3.8) is 0 Å². The van der Waals surface area contributed by atoms with E-state index in [9.17, 15) is 0 Å². The van der Waals surface area contributed by atoms with E-state index in [1.54, 1.807) is 6.33 Å². The molecule has 4 rings (SSSR count). The van der Waals surface area contributed by atoms with E-state index in [1.165, 1.54) is 16.7 Å². The first-order valence-electron chi connectivity index (χ1n) is 6.77. The fraction of sp³-hybridized carbons (Fsp3) is 0.333. The molecule has 1 aromatic carbocycles. The summed E-state index contributed by atoms with van der Waals surface area (Å²) in [7, 11) is 0. The van der Waals surface area contributed by atoms with Crippen LogP contribution in [-0.2, 0) is 26.1 Å². The normalized spacial score (nSPS) is 17.2. The van der Waals surface area contributed by atoms with Crippen LogP contribution in [0.3, 0.4) is 0 Å². The molecule has 96 valence electrons. The van der Waals surface area contributed by atoms with Crippen molar-refractivity contribution in [2.24, 2.45) is 0 Å². The summed E-state index contributed by atoms with van der Waals surface area (Å²) in [5.74, 6) is 1.12. The third kappa shape index (κ3) is 1.79. The second kappa shape index (κ2) is 4.31. The van der Waals surface area contributed by atoms with Crippen LogP contribution in [-0.4, -0.2) is 16.5 Å². The molecule has 0 aliphatic carbocycles. The van der Waals surface area contributed by atoms with Crippen molar-refractivity contribution in [1.82, 2.24) is 15.3 Å². The fourth-order valence-electron chi connectivity index (χ4n) is 3.03. The Balaban J connectivity index is 1.70. The van der Waals surface area contributed by atoms with Crippen LogP contribution < -0.4 is 10.2 Å². The SMILES string of the molecule is c1ccc2c(c1)CCN(c1ncnc3c1CNC3)C2. The average molecular weight is 252 g/mol. The van der Waals surface area contributed by atoms with E-state index in [-0.39, 0.29) is 0 Å². The molecule has 1 N–H and O–H groups in total. The van der Waals surface area contributed by atoms with Gasteiger partial charge in [-0.1, -0.05) is 24.3 Å². The van der Waals surface area contributed by atoms with E-state index in [0.29, 0.717) is 0 Å². The number of anilines is 1. The van der Waals surface area contributed by atoms with E-state index in [2.05, 4.69) is 44.5 Å². The highest BCUT2D eigenvalue weighted by molar-refractivity contribution is 5.52. The van der Waals surface area contributed by atoms with Crippen LogP contribution in [0, 0.1) is 0 Å². The van der Waals surface area contributed by atoms with Gasteiger partial charge >= 0.3 is 0 Å². The first-order valence-corrected chi connectivity index (χ1v) is 6.77. The van der Waals surface area contributed by atoms with Crippen LogP contribution in [0.15, 0.2) is 30.6 Å². The lowest BCUT2D eigenvalue weighted by atomic mass is 9.99. The van der Waals surface area contributed by atoms with E-state index in [1.807, 2.05) is 0 Å². The first-order chi connectivity index (χ1) is 9.42. The summed E-state index contributed by atoms with van der Waals surface area (Å²) in [5, 5.41) is 3.36. The Bertz CT molecular complexity index is 623. The monoisotopic (exact) mass is 252 g/mol. The zero-order chi connectivity index (χ0) is 12.7. The highest BCUT2D eigenvalue weighted by Crippen LogP contribution is 2.28. The van der Waals surface area contributed by atoms with E-state index >= 15 is 0 Å². The quantitative estimate of drug-likeness (QED) is 0.837. The molecule has 2 aliphatic heterocycles. The molecule has 0 fully saturated rings. The molecule has 2 aromatic rings. The molecule has 0 saturated carbocycles. The van der Waals surface area contributed by atoms with Crippen LogP contribution >= 0.6 is 0 Å². The lowest BCUT2D eigenvalue weighted by Crippen LogP contribution is -2.32. The molecule has 0 atom stereocenters. The highest BCUT2D eigenvalue weighted by atomic mass is 15.2. The van der Waals surface area contributed by atoms with Gasteiger partial charge in [-0.25, -0.2) is 9.97 Å². The van der Waals surface area contributed by atoms with Crippen LogP contribution in [0.1, 0.15) is 22.4 Å². The lowest BCUT2D eigenvalue weighted by molar-refractivity contribution is 0.710. The van der Waals surface area contributed by atoms with E-state index < -0.39 is 0 Å². The standard InChI is InChI=1S/C15H16N4/c1-2-4-12-9-19(6-5-11(12)3-1)15-13-7-16-8-14(13)17-10-18-15/h1-4,10,16H,5-9H2. The zero-order valence-corrected chi connectivity index (χ0v) is 10.8. The number of nitrogens with zero attached hydrogens (tertiary/aromatic N) is 3. The minimum atomic E-state index is 0.870. The summed E-state index contributed by atoms with van der Waals surface area (Å²) in [6.45, 7) is 3.76. The molecular weight excluding hydrogens is 236 g/mol. The summed E-state index contributed by atoms with van der Waals surface area (Å²) in [6.07, 6.45) is 2.80. The largest absolute Gasteiger partial charge is 0.352 e. The van der Waals surface area contributed by atoms with Crippen molar-refractivity contribution in [1.29, 1.82) is 0 Å². The van der Waals surface area contributed by atoms with Gasteiger partial charge in [0.2, 0.25) is 0 Å². The van der Waals surface area contributed by atoms with Crippen molar-refractivity contribution in [3.05, 3.63) is 53.0 Å². The van der Waals surface area contributed by atoms with Crippen molar-refractivity contribution >= 4 is 5.82 Å². The molecule has 0 unspecified atom stereocenters. The summed E-state index contributed by atoms with van der Waals surface area (Å²) >= 11 is 0. The van der Waals surface area contributed by atoms with Crippen LogP contribution in [0.2, 0.25) is 0 Å². The van der Waals surface area contributed by atoms with Gasteiger partial charge in [-0.05, 0) is 17.5 Å². The number of hydrogen-bond acceptors (Lipinski definition) is 4. The van der Waals surface area contributed by atoms with Gasteiger partial charge in [0, 0.05) is 31.7 Å². The molecule has 0 saturated heterocycles. The molecule has 0 radical (unpaired) electrons. The van der Waals surface area contributed by atoms with Crippen molar-refractivity contribution in [2.75, 3.05) is 11.4 Å². The third-order valence-electron chi connectivity index (χ3n) is 4.04. The molecule has 2 aliphatic rings. The lowest BCUT2D eigenvalue weighted by Gasteiger charge is -2.30. The average Bonchev–Trinajstić information content (AvgIpc) is 2.95. The van der Waals surface area contributed by atoms with Gasteiger partial charge in [0.1, 0.15) is 12.1 Å². The summed E-state index contributed by atoms with van der Waals surface area (Å²) in [4.78, 5) is 11.3. The Labute approximate surface area is 112 Å². The maximum absolute atomic E-state index is 4.52. The molecular formula is C15H16N4. The van der Waals surface area contributed by atoms with Gasteiger partial charge in [0.15, 0.2) is 0 Å². The minimum Gasteiger partial charge on any atom is -0.352 e. The molecule has 0 spiro atoms. The van der Waals surface area contributed by atoms with Gasteiger partial charge < -0.3 is 10.2 Å². The smallest absolute Gasteiger partial charge is 0.137 e. The molecule has 3 heterocycles. The highest BCUT2D eigenvalue weighted by Gasteiger charge is 2.23. The number of nitrogens with one attached hydrogen (secondary N) is 1. The molecule has 1 aromatic heterocycles. The summed E-state index contributed by atoms with van der Waals surface area (Å²) in [5.41, 5.74) is 5.33.